The fraction of sp³-hybridized carbons (Fsp3) is 0.407. The standard InChI is InChI=1S/C27H34N2O5/c1-5-17-33-21-11-7-19(8-12-21)24-23(26(31)27(32)29(24)16-15-28(3)4)25(30)20-9-13-22(14-10-20)34-18-6-2/h7-14,24,30H,5-6,15-18H2,1-4H3/b25-23+. The Morgan fingerprint density at radius 1 is 0.912 bits per heavy atom. The van der Waals surface area contributed by atoms with E-state index < -0.39 is 17.7 Å². The Kier molecular flexibility index (Phi) is 8.71. The smallest absolute Gasteiger partial charge is 0.295 e. The van der Waals surface area contributed by atoms with Crippen LogP contribution in [0, 0.1) is 0 Å². The van der Waals surface area contributed by atoms with Crippen LogP contribution in [-0.4, -0.2) is 67.0 Å². The first-order chi connectivity index (χ1) is 16.4. The molecule has 34 heavy (non-hydrogen) atoms. The molecular formula is C27H34N2O5. The predicted octanol–water partition coefficient (Wildman–Crippen LogP) is 4.25. The van der Waals surface area contributed by atoms with E-state index in [1.165, 1.54) is 4.90 Å². The predicted molar refractivity (Wildman–Crippen MR) is 132 cm³/mol. The molecule has 1 heterocycles. The van der Waals surface area contributed by atoms with Crippen molar-refractivity contribution in [1.29, 1.82) is 0 Å². The van der Waals surface area contributed by atoms with Gasteiger partial charge in [0, 0.05) is 18.7 Å². The highest BCUT2D eigenvalue weighted by Crippen LogP contribution is 2.39. The number of benzene rings is 2. The fourth-order valence-electron chi connectivity index (χ4n) is 3.82. The fourth-order valence-corrected chi connectivity index (χ4v) is 3.82. The summed E-state index contributed by atoms with van der Waals surface area (Å²) in [6.07, 6.45) is 1.79. The first kappa shape index (κ1) is 25.3. The topological polar surface area (TPSA) is 79.3 Å². The largest absolute Gasteiger partial charge is 0.507 e. The van der Waals surface area contributed by atoms with Crippen LogP contribution in [0.1, 0.15) is 43.9 Å². The Morgan fingerprint density at radius 2 is 1.44 bits per heavy atom. The van der Waals surface area contributed by atoms with Gasteiger partial charge in [-0.05, 0) is 68.9 Å². The highest BCUT2D eigenvalue weighted by molar-refractivity contribution is 6.46. The molecule has 7 heteroatoms. The van der Waals surface area contributed by atoms with Crippen LogP contribution in [0.2, 0.25) is 0 Å². The monoisotopic (exact) mass is 466 g/mol. The Hall–Kier alpha value is -3.32. The number of likely N-dealkylation sites (N-methyl/N-ethyl adjacent to an activating group) is 1. The number of aliphatic hydroxyl groups is 1. The van der Waals surface area contributed by atoms with Gasteiger partial charge >= 0.3 is 0 Å². The van der Waals surface area contributed by atoms with E-state index in [1.807, 2.05) is 57.1 Å². The van der Waals surface area contributed by atoms with Gasteiger partial charge in [-0.25, -0.2) is 0 Å². The van der Waals surface area contributed by atoms with Gasteiger partial charge in [0.1, 0.15) is 17.3 Å². The number of Topliss-reactive ketones (excluding diaryl/α,β-unsaturated/α-hetero) is 1. The van der Waals surface area contributed by atoms with Crippen molar-refractivity contribution in [2.24, 2.45) is 0 Å². The van der Waals surface area contributed by atoms with Crippen molar-refractivity contribution in [1.82, 2.24) is 9.80 Å². The highest BCUT2D eigenvalue weighted by Gasteiger charge is 2.45. The molecule has 1 fully saturated rings. The van der Waals surface area contributed by atoms with Gasteiger partial charge in [-0.2, -0.15) is 0 Å². The maximum absolute atomic E-state index is 13.1. The SMILES string of the molecule is CCCOc1ccc(/C(O)=C2\C(=O)C(=O)N(CCN(C)C)C2c2ccc(OCCC)cc2)cc1. The molecule has 0 radical (unpaired) electrons. The Morgan fingerprint density at radius 3 is 1.94 bits per heavy atom. The number of hydrogen-bond donors (Lipinski definition) is 1. The van der Waals surface area contributed by atoms with Gasteiger partial charge in [0.2, 0.25) is 0 Å². The first-order valence-corrected chi connectivity index (χ1v) is 11.8. The lowest BCUT2D eigenvalue weighted by molar-refractivity contribution is -0.140. The molecule has 0 aromatic heterocycles. The summed E-state index contributed by atoms with van der Waals surface area (Å²) in [5.74, 6) is -0.0758. The summed E-state index contributed by atoms with van der Waals surface area (Å²) < 4.78 is 11.3. The molecule has 1 amide bonds. The van der Waals surface area contributed by atoms with E-state index in [0.717, 1.165) is 24.2 Å². The number of likely N-dealkylation sites (tertiary alicyclic amines) is 1. The highest BCUT2D eigenvalue weighted by atomic mass is 16.5. The van der Waals surface area contributed by atoms with E-state index in [-0.39, 0.29) is 11.3 Å². The molecule has 1 aliphatic rings. The lowest BCUT2D eigenvalue weighted by Gasteiger charge is -2.26. The molecule has 1 unspecified atom stereocenters. The van der Waals surface area contributed by atoms with Gasteiger partial charge in [-0.3, -0.25) is 9.59 Å². The quantitative estimate of drug-likeness (QED) is 0.303. The normalized spacial score (nSPS) is 17.4. The van der Waals surface area contributed by atoms with Gasteiger partial charge in [-0.15, -0.1) is 0 Å². The maximum atomic E-state index is 13.1. The van der Waals surface area contributed by atoms with Crippen LogP contribution in [0.3, 0.4) is 0 Å². The lowest BCUT2D eigenvalue weighted by atomic mass is 9.95. The van der Waals surface area contributed by atoms with Gasteiger partial charge < -0.3 is 24.4 Å². The number of hydrogen-bond acceptors (Lipinski definition) is 6. The number of carbonyl (C=O) groups is 2. The molecule has 7 nitrogen and oxygen atoms in total. The molecule has 1 saturated heterocycles. The number of ether oxygens (including phenoxy) is 2. The minimum atomic E-state index is -0.684. The van der Waals surface area contributed by atoms with Crippen molar-refractivity contribution >= 4 is 17.4 Å². The molecule has 1 atom stereocenters. The molecule has 182 valence electrons. The Bertz CT molecular complexity index is 1010. The van der Waals surface area contributed by atoms with Crippen LogP contribution < -0.4 is 9.47 Å². The third-order valence-corrected chi connectivity index (χ3v) is 5.60. The van der Waals surface area contributed by atoms with Gasteiger partial charge in [-0.1, -0.05) is 26.0 Å². The summed E-state index contributed by atoms with van der Waals surface area (Å²) in [5.41, 5.74) is 1.29. The average Bonchev–Trinajstić information content (AvgIpc) is 3.10. The number of nitrogens with zero attached hydrogens (tertiary/aromatic N) is 2. The third kappa shape index (κ3) is 5.78. The molecule has 0 spiro atoms. The van der Waals surface area contributed by atoms with E-state index >= 15 is 0 Å². The number of carbonyl (C=O) groups excluding carboxylic acids is 2. The van der Waals surface area contributed by atoms with E-state index in [4.69, 9.17) is 9.47 Å². The molecule has 1 N–H and O–H groups in total. The second kappa shape index (κ2) is 11.7. The summed E-state index contributed by atoms with van der Waals surface area (Å²) in [7, 11) is 3.82. The molecule has 0 aliphatic carbocycles. The van der Waals surface area contributed by atoms with Crippen molar-refractivity contribution in [2.45, 2.75) is 32.7 Å². The minimum absolute atomic E-state index is 0.0909. The van der Waals surface area contributed by atoms with Gasteiger partial charge in [0.15, 0.2) is 0 Å². The zero-order valence-electron chi connectivity index (χ0n) is 20.4. The molecule has 3 rings (SSSR count). The Balaban J connectivity index is 2.01. The summed E-state index contributed by atoms with van der Waals surface area (Å²) in [5, 5.41) is 11.2. The van der Waals surface area contributed by atoms with Crippen LogP contribution in [0.4, 0.5) is 0 Å². The molecule has 2 aromatic rings. The van der Waals surface area contributed by atoms with Crippen molar-refractivity contribution in [3.05, 3.63) is 65.2 Å². The Labute approximate surface area is 201 Å². The van der Waals surface area contributed by atoms with Crippen molar-refractivity contribution < 1.29 is 24.2 Å². The third-order valence-electron chi connectivity index (χ3n) is 5.60. The number of aliphatic hydroxyl groups excluding tert-OH is 1. The van der Waals surface area contributed by atoms with Crippen LogP contribution in [0.15, 0.2) is 54.1 Å². The van der Waals surface area contributed by atoms with E-state index in [2.05, 4.69) is 0 Å². The summed E-state index contributed by atoms with van der Waals surface area (Å²) in [6.45, 7) is 6.22. The molecule has 0 bridgehead atoms. The van der Waals surface area contributed by atoms with E-state index in [0.29, 0.717) is 37.6 Å². The summed E-state index contributed by atoms with van der Waals surface area (Å²) in [6, 6.07) is 13.6. The second-order valence-electron chi connectivity index (χ2n) is 8.59. The van der Waals surface area contributed by atoms with Gasteiger partial charge in [0.05, 0.1) is 24.8 Å². The lowest BCUT2D eigenvalue weighted by Crippen LogP contribution is -2.35. The summed E-state index contributed by atoms with van der Waals surface area (Å²) >= 11 is 0. The number of rotatable bonds is 11. The molecule has 2 aromatic carbocycles. The second-order valence-corrected chi connectivity index (χ2v) is 8.59. The number of amides is 1. The van der Waals surface area contributed by atoms with Gasteiger partial charge in [0.25, 0.3) is 11.7 Å². The summed E-state index contributed by atoms with van der Waals surface area (Å²) in [4.78, 5) is 29.6. The molecular weight excluding hydrogens is 432 g/mol. The average molecular weight is 467 g/mol. The van der Waals surface area contributed by atoms with Crippen molar-refractivity contribution in [3.63, 3.8) is 0 Å². The maximum Gasteiger partial charge on any atom is 0.295 e. The number of ketones is 1. The molecule has 1 aliphatic heterocycles. The molecule has 0 saturated carbocycles. The van der Waals surface area contributed by atoms with Crippen molar-refractivity contribution in [2.75, 3.05) is 40.4 Å². The van der Waals surface area contributed by atoms with Crippen LogP contribution >= 0.6 is 0 Å². The van der Waals surface area contributed by atoms with E-state index in [1.54, 1.807) is 24.3 Å². The zero-order valence-corrected chi connectivity index (χ0v) is 20.4. The van der Waals surface area contributed by atoms with Crippen molar-refractivity contribution in [3.8, 4) is 11.5 Å². The minimum Gasteiger partial charge on any atom is -0.507 e. The van der Waals surface area contributed by atoms with Crippen LogP contribution in [0.25, 0.3) is 5.76 Å². The zero-order chi connectivity index (χ0) is 24.7. The first-order valence-electron chi connectivity index (χ1n) is 11.8. The van der Waals surface area contributed by atoms with E-state index in [9.17, 15) is 14.7 Å². The van der Waals surface area contributed by atoms with Crippen LogP contribution in [0.5, 0.6) is 11.5 Å². The van der Waals surface area contributed by atoms with Crippen LogP contribution in [-0.2, 0) is 9.59 Å².